The van der Waals surface area contributed by atoms with Crippen LogP contribution in [0.1, 0.15) is 50.5 Å². The summed E-state index contributed by atoms with van der Waals surface area (Å²) in [5.41, 5.74) is 0.461. The fourth-order valence-electron chi connectivity index (χ4n) is 4.93. The molecule has 1 N–H and O–H groups in total. The van der Waals surface area contributed by atoms with Gasteiger partial charge in [-0.05, 0) is 31.2 Å². The van der Waals surface area contributed by atoms with E-state index in [9.17, 15) is 9.59 Å². The molecular formula is C23H32N2O4. The lowest BCUT2D eigenvalue weighted by atomic mass is 9.79. The number of morpholine rings is 1. The van der Waals surface area contributed by atoms with Crippen LogP contribution in [0.25, 0.3) is 0 Å². The second-order valence-electron chi connectivity index (χ2n) is 8.69. The van der Waals surface area contributed by atoms with Gasteiger partial charge in [0.1, 0.15) is 0 Å². The van der Waals surface area contributed by atoms with Gasteiger partial charge in [0.2, 0.25) is 0 Å². The van der Waals surface area contributed by atoms with Gasteiger partial charge < -0.3 is 14.8 Å². The van der Waals surface area contributed by atoms with Gasteiger partial charge in [0.25, 0.3) is 5.91 Å². The summed E-state index contributed by atoms with van der Waals surface area (Å²) < 4.78 is 10.9. The van der Waals surface area contributed by atoms with E-state index in [4.69, 9.17) is 9.47 Å². The number of rotatable bonds is 7. The first-order valence-electron chi connectivity index (χ1n) is 11.0. The van der Waals surface area contributed by atoms with Crippen molar-refractivity contribution in [2.45, 2.75) is 55.9 Å². The van der Waals surface area contributed by atoms with Crippen molar-refractivity contribution in [1.82, 2.24) is 10.2 Å². The summed E-state index contributed by atoms with van der Waals surface area (Å²) in [6.07, 6.45) is 7.44. The maximum absolute atomic E-state index is 12.6. The summed E-state index contributed by atoms with van der Waals surface area (Å²) in [6.45, 7) is 3.78. The molecule has 0 unspecified atom stereocenters. The molecule has 0 radical (unpaired) electrons. The molecular weight excluding hydrogens is 368 g/mol. The standard InChI is InChI=1S/C23H32N2O4/c26-20(17-29-21(27)23(11-12-23)19-7-3-1-4-8-19)24-18-22(9-5-2-6-10-22)25-13-15-28-16-14-25/h1,3-4,7-8H,2,5-6,9-18H2,(H,24,26). The number of esters is 1. The maximum atomic E-state index is 12.6. The maximum Gasteiger partial charge on any atom is 0.317 e. The highest BCUT2D eigenvalue weighted by atomic mass is 16.5. The molecule has 2 aliphatic carbocycles. The van der Waals surface area contributed by atoms with Crippen molar-refractivity contribution >= 4 is 11.9 Å². The molecule has 1 amide bonds. The van der Waals surface area contributed by atoms with Gasteiger partial charge in [-0.3, -0.25) is 14.5 Å². The zero-order valence-corrected chi connectivity index (χ0v) is 17.2. The molecule has 6 nitrogen and oxygen atoms in total. The molecule has 0 aromatic heterocycles. The van der Waals surface area contributed by atoms with Crippen LogP contribution in [0.3, 0.4) is 0 Å². The molecule has 1 heterocycles. The molecule has 6 heteroatoms. The Kier molecular flexibility index (Phi) is 6.20. The number of hydrogen-bond acceptors (Lipinski definition) is 5. The van der Waals surface area contributed by atoms with E-state index >= 15 is 0 Å². The van der Waals surface area contributed by atoms with Gasteiger partial charge in [-0.2, -0.15) is 0 Å². The summed E-state index contributed by atoms with van der Waals surface area (Å²) in [4.78, 5) is 27.6. The van der Waals surface area contributed by atoms with Gasteiger partial charge >= 0.3 is 5.97 Å². The molecule has 3 aliphatic rings. The average molecular weight is 401 g/mol. The van der Waals surface area contributed by atoms with E-state index in [0.29, 0.717) is 6.54 Å². The van der Waals surface area contributed by atoms with Crippen molar-refractivity contribution in [3.8, 4) is 0 Å². The highest BCUT2D eigenvalue weighted by Crippen LogP contribution is 2.49. The monoisotopic (exact) mass is 400 g/mol. The smallest absolute Gasteiger partial charge is 0.317 e. The summed E-state index contributed by atoms with van der Waals surface area (Å²) in [5, 5.41) is 3.06. The molecule has 3 fully saturated rings. The first-order valence-corrected chi connectivity index (χ1v) is 11.0. The summed E-state index contributed by atoms with van der Waals surface area (Å²) in [5.74, 6) is -0.486. The van der Waals surface area contributed by atoms with E-state index in [0.717, 1.165) is 57.6 Å². The molecule has 1 aromatic rings. The Bertz CT molecular complexity index is 705. The van der Waals surface area contributed by atoms with Crippen molar-refractivity contribution in [2.24, 2.45) is 0 Å². The summed E-state index contributed by atoms with van der Waals surface area (Å²) in [6, 6.07) is 9.73. The molecule has 4 rings (SSSR count). The van der Waals surface area contributed by atoms with E-state index in [1.165, 1.54) is 19.3 Å². The number of hydrogen-bond donors (Lipinski definition) is 1. The predicted octanol–water partition coefficient (Wildman–Crippen LogP) is 2.41. The lowest BCUT2D eigenvalue weighted by molar-refractivity contribution is -0.151. The van der Waals surface area contributed by atoms with Gasteiger partial charge in [0.15, 0.2) is 6.61 Å². The second kappa shape index (κ2) is 8.84. The third-order valence-corrected chi connectivity index (χ3v) is 6.88. The Morgan fingerprint density at radius 1 is 1.00 bits per heavy atom. The highest BCUT2D eigenvalue weighted by molar-refractivity contribution is 5.89. The molecule has 29 heavy (non-hydrogen) atoms. The Morgan fingerprint density at radius 3 is 2.34 bits per heavy atom. The fraction of sp³-hybridized carbons (Fsp3) is 0.652. The number of benzene rings is 1. The van der Waals surface area contributed by atoms with Gasteiger partial charge in [0, 0.05) is 25.2 Å². The van der Waals surface area contributed by atoms with Crippen LogP contribution >= 0.6 is 0 Å². The summed E-state index contributed by atoms with van der Waals surface area (Å²) in [7, 11) is 0. The molecule has 1 aromatic carbocycles. The van der Waals surface area contributed by atoms with E-state index in [-0.39, 0.29) is 24.0 Å². The lowest BCUT2D eigenvalue weighted by Gasteiger charge is -2.48. The van der Waals surface area contributed by atoms with Crippen LogP contribution in [-0.2, 0) is 24.5 Å². The molecule has 2 saturated carbocycles. The topological polar surface area (TPSA) is 67.9 Å². The third-order valence-electron chi connectivity index (χ3n) is 6.88. The van der Waals surface area contributed by atoms with Gasteiger partial charge in [-0.1, -0.05) is 49.6 Å². The van der Waals surface area contributed by atoms with E-state index in [1.54, 1.807) is 0 Å². The van der Waals surface area contributed by atoms with Crippen molar-refractivity contribution < 1.29 is 19.1 Å². The number of amides is 1. The normalized spacial score (nSPS) is 23.2. The fourth-order valence-corrected chi connectivity index (χ4v) is 4.93. The molecule has 0 atom stereocenters. The molecule has 158 valence electrons. The number of carbonyl (C=O) groups is 2. The number of nitrogens with zero attached hydrogens (tertiary/aromatic N) is 1. The molecule has 1 saturated heterocycles. The minimum Gasteiger partial charge on any atom is -0.455 e. The van der Waals surface area contributed by atoms with Gasteiger partial charge in [-0.15, -0.1) is 0 Å². The zero-order valence-electron chi connectivity index (χ0n) is 17.2. The van der Waals surface area contributed by atoms with Crippen LogP contribution in [0, 0.1) is 0 Å². The second-order valence-corrected chi connectivity index (χ2v) is 8.69. The van der Waals surface area contributed by atoms with Crippen molar-refractivity contribution in [1.29, 1.82) is 0 Å². The van der Waals surface area contributed by atoms with Crippen LogP contribution in [0.5, 0.6) is 0 Å². The predicted molar refractivity (Wildman–Crippen MR) is 110 cm³/mol. The van der Waals surface area contributed by atoms with Crippen molar-refractivity contribution in [3.05, 3.63) is 35.9 Å². The zero-order chi connectivity index (χ0) is 20.2. The Balaban J connectivity index is 1.29. The number of ether oxygens (including phenoxy) is 2. The third kappa shape index (κ3) is 4.48. The van der Waals surface area contributed by atoms with Crippen LogP contribution in [0.4, 0.5) is 0 Å². The van der Waals surface area contributed by atoms with Gasteiger partial charge in [-0.25, -0.2) is 0 Å². The molecule has 1 aliphatic heterocycles. The lowest BCUT2D eigenvalue weighted by Crippen LogP contribution is -2.59. The van der Waals surface area contributed by atoms with Gasteiger partial charge in [0.05, 0.1) is 18.6 Å². The largest absolute Gasteiger partial charge is 0.455 e. The SMILES string of the molecule is O=C(COC(=O)C1(c2ccccc2)CC1)NCC1(N2CCOCC2)CCCCC1. The van der Waals surface area contributed by atoms with E-state index < -0.39 is 5.41 Å². The minimum atomic E-state index is -0.542. The Morgan fingerprint density at radius 2 is 1.69 bits per heavy atom. The quantitative estimate of drug-likeness (QED) is 0.712. The molecule has 0 spiro atoms. The van der Waals surface area contributed by atoms with Crippen LogP contribution in [-0.4, -0.2) is 61.8 Å². The number of nitrogens with one attached hydrogen (secondary N) is 1. The molecule has 0 bridgehead atoms. The van der Waals surface area contributed by atoms with Crippen LogP contribution in [0.15, 0.2) is 30.3 Å². The first kappa shape index (κ1) is 20.4. The van der Waals surface area contributed by atoms with Crippen LogP contribution < -0.4 is 5.32 Å². The Hall–Kier alpha value is -1.92. The van der Waals surface area contributed by atoms with Crippen molar-refractivity contribution in [2.75, 3.05) is 39.5 Å². The Labute approximate surface area is 172 Å². The average Bonchev–Trinajstić information content (AvgIpc) is 3.60. The van der Waals surface area contributed by atoms with Crippen LogP contribution in [0.2, 0.25) is 0 Å². The first-order chi connectivity index (χ1) is 14.1. The summed E-state index contributed by atoms with van der Waals surface area (Å²) >= 11 is 0. The van der Waals surface area contributed by atoms with Crippen molar-refractivity contribution in [3.63, 3.8) is 0 Å². The minimum absolute atomic E-state index is 0.0173. The van der Waals surface area contributed by atoms with E-state index in [1.807, 2.05) is 30.3 Å². The highest BCUT2D eigenvalue weighted by Gasteiger charge is 2.52. The van der Waals surface area contributed by atoms with E-state index in [2.05, 4.69) is 10.2 Å². The number of carbonyl (C=O) groups excluding carboxylic acids is 2.